The van der Waals surface area contributed by atoms with E-state index in [1.54, 1.807) is 6.20 Å². The molecule has 4 aromatic rings. The lowest BCUT2D eigenvalue weighted by Gasteiger charge is -2.34. The lowest BCUT2D eigenvalue weighted by Crippen LogP contribution is -2.43. The van der Waals surface area contributed by atoms with Crippen molar-refractivity contribution in [3.8, 4) is 11.1 Å². The predicted octanol–water partition coefficient (Wildman–Crippen LogP) is 6.14. The van der Waals surface area contributed by atoms with E-state index in [1.807, 2.05) is 77.7 Å². The van der Waals surface area contributed by atoms with Gasteiger partial charge in [-0.25, -0.2) is 4.79 Å². The number of ether oxygens (including phenoxy) is 1. The highest BCUT2D eigenvalue weighted by Gasteiger charge is 2.30. The molecule has 0 saturated heterocycles. The van der Waals surface area contributed by atoms with E-state index in [0.29, 0.717) is 18.5 Å². The Morgan fingerprint density at radius 3 is 2.32 bits per heavy atom. The molecule has 0 spiro atoms. The van der Waals surface area contributed by atoms with E-state index >= 15 is 0 Å². The zero-order valence-electron chi connectivity index (χ0n) is 21.0. The Labute approximate surface area is 217 Å². The Balaban J connectivity index is 1.27. The number of carbonyl (C=O) groups excluding carboxylic acids is 2. The van der Waals surface area contributed by atoms with Crippen molar-refractivity contribution in [1.29, 1.82) is 0 Å². The van der Waals surface area contributed by atoms with Crippen LogP contribution in [0.25, 0.3) is 11.1 Å². The van der Waals surface area contributed by atoms with Gasteiger partial charge in [0.05, 0.1) is 5.69 Å². The smallest absolute Gasteiger partial charge is 0.435 e. The first-order valence-electron chi connectivity index (χ1n) is 12.9. The summed E-state index contributed by atoms with van der Waals surface area (Å²) >= 11 is 0. The lowest BCUT2D eigenvalue weighted by atomic mass is 9.91. The SMILES string of the molecule is CCCN(C(=O)c1ccc(-c2ccccc2)cc1)C1CCc2nn(C(=O)OCc3ccccc3)cc2C1. The van der Waals surface area contributed by atoms with Crippen LogP contribution in [-0.4, -0.2) is 39.3 Å². The monoisotopic (exact) mass is 493 g/mol. The molecule has 5 rings (SSSR count). The molecular formula is C31H31N3O3. The fourth-order valence-corrected chi connectivity index (χ4v) is 4.92. The van der Waals surface area contributed by atoms with Gasteiger partial charge in [-0.15, -0.1) is 0 Å². The average molecular weight is 494 g/mol. The number of benzene rings is 3. The van der Waals surface area contributed by atoms with Crippen molar-refractivity contribution in [1.82, 2.24) is 14.7 Å². The maximum Gasteiger partial charge on any atom is 0.435 e. The van der Waals surface area contributed by atoms with E-state index in [2.05, 4.69) is 24.2 Å². The highest BCUT2D eigenvalue weighted by Crippen LogP contribution is 2.26. The molecule has 188 valence electrons. The second-order valence-corrected chi connectivity index (χ2v) is 9.42. The average Bonchev–Trinajstić information content (AvgIpc) is 3.39. The van der Waals surface area contributed by atoms with E-state index < -0.39 is 6.09 Å². The Kier molecular flexibility index (Phi) is 7.45. The normalized spacial score (nSPS) is 14.6. The molecule has 0 fully saturated rings. The molecule has 6 heteroatoms. The molecule has 0 N–H and O–H groups in total. The van der Waals surface area contributed by atoms with Crippen LogP contribution >= 0.6 is 0 Å². The predicted molar refractivity (Wildman–Crippen MR) is 143 cm³/mol. The Morgan fingerprint density at radius 1 is 0.946 bits per heavy atom. The summed E-state index contributed by atoms with van der Waals surface area (Å²) in [6.45, 7) is 2.98. The topological polar surface area (TPSA) is 64.4 Å². The van der Waals surface area contributed by atoms with Gasteiger partial charge in [0, 0.05) is 24.3 Å². The number of carbonyl (C=O) groups is 2. The fraction of sp³-hybridized carbons (Fsp3) is 0.258. The van der Waals surface area contributed by atoms with Crippen molar-refractivity contribution in [2.75, 3.05) is 6.54 Å². The number of aromatic nitrogens is 2. The molecule has 1 aliphatic rings. The first kappa shape index (κ1) is 24.5. The van der Waals surface area contributed by atoms with Gasteiger partial charge < -0.3 is 9.64 Å². The van der Waals surface area contributed by atoms with E-state index in [9.17, 15) is 9.59 Å². The van der Waals surface area contributed by atoms with E-state index in [-0.39, 0.29) is 18.6 Å². The number of aryl methyl sites for hydroxylation is 1. The van der Waals surface area contributed by atoms with Crippen molar-refractivity contribution in [2.45, 2.75) is 45.3 Å². The molecule has 6 nitrogen and oxygen atoms in total. The number of hydrogen-bond acceptors (Lipinski definition) is 4. The van der Waals surface area contributed by atoms with E-state index in [1.165, 1.54) is 4.68 Å². The lowest BCUT2D eigenvalue weighted by molar-refractivity contribution is 0.0661. The molecule has 1 atom stereocenters. The third-order valence-electron chi connectivity index (χ3n) is 6.84. The van der Waals surface area contributed by atoms with Crippen molar-refractivity contribution in [3.05, 3.63) is 114 Å². The largest absolute Gasteiger partial charge is 0.443 e. The van der Waals surface area contributed by atoms with Gasteiger partial charge in [-0.05, 0) is 60.1 Å². The standard InChI is InChI=1S/C31H31N3O3/c1-2-19-33(30(35)26-15-13-25(14-16-26)24-11-7-4-8-12-24)28-17-18-29-27(20-28)21-34(32-29)31(36)37-22-23-9-5-3-6-10-23/h3-16,21,28H,2,17-20,22H2,1H3. The van der Waals surface area contributed by atoms with Crippen LogP contribution in [0.5, 0.6) is 0 Å². The van der Waals surface area contributed by atoms with Crippen LogP contribution in [0, 0.1) is 0 Å². The number of fused-ring (bicyclic) bond motifs is 1. The minimum atomic E-state index is -0.491. The molecule has 0 aliphatic heterocycles. The summed E-state index contributed by atoms with van der Waals surface area (Å²) in [6, 6.07) is 27.7. The van der Waals surface area contributed by atoms with Gasteiger partial charge in [-0.1, -0.05) is 79.7 Å². The minimum absolute atomic E-state index is 0.0459. The molecule has 37 heavy (non-hydrogen) atoms. The molecule has 1 heterocycles. The van der Waals surface area contributed by atoms with Crippen molar-refractivity contribution < 1.29 is 14.3 Å². The second kappa shape index (κ2) is 11.2. The summed E-state index contributed by atoms with van der Waals surface area (Å²) in [4.78, 5) is 28.1. The van der Waals surface area contributed by atoms with E-state index in [4.69, 9.17) is 4.74 Å². The molecule has 1 amide bonds. The van der Waals surface area contributed by atoms with Crippen LogP contribution in [-0.2, 0) is 24.2 Å². The van der Waals surface area contributed by atoms with Crippen LogP contribution in [0.15, 0.2) is 91.1 Å². The molecule has 0 saturated carbocycles. The van der Waals surface area contributed by atoms with Crippen molar-refractivity contribution >= 4 is 12.0 Å². The molecule has 1 aromatic heterocycles. The Hall–Kier alpha value is -4.19. The minimum Gasteiger partial charge on any atom is -0.443 e. The molecule has 3 aromatic carbocycles. The summed E-state index contributed by atoms with van der Waals surface area (Å²) in [5, 5.41) is 4.48. The van der Waals surface area contributed by atoms with Gasteiger partial charge in [0.1, 0.15) is 6.61 Å². The van der Waals surface area contributed by atoms with Gasteiger partial charge in [-0.2, -0.15) is 9.78 Å². The zero-order valence-corrected chi connectivity index (χ0v) is 21.0. The zero-order chi connectivity index (χ0) is 25.6. The van der Waals surface area contributed by atoms with Crippen LogP contribution in [0.1, 0.15) is 46.9 Å². The molecular weight excluding hydrogens is 462 g/mol. The maximum absolute atomic E-state index is 13.6. The fourth-order valence-electron chi connectivity index (χ4n) is 4.92. The van der Waals surface area contributed by atoms with Crippen LogP contribution in [0.2, 0.25) is 0 Å². The van der Waals surface area contributed by atoms with Crippen LogP contribution < -0.4 is 0 Å². The summed E-state index contributed by atoms with van der Waals surface area (Å²) in [5.41, 5.74) is 5.75. The quantitative estimate of drug-likeness (QED) is 0.310. The second-order valence-electron chi connectivity index (χ2n) is 9.42. The Bertz CT molecular complexity index is 1350. The number of hydrogen-bond donors (Lipinski definition) is 0. The van der Waals surface area contributed by atoms with Crippen LogP contribution in [0.3, 0.4) is 0 Å². The van der Waals surface area contributed by atoms with Crippen LogP contribution in [0.4, 0.5) is 4.79 Å². The highest BCUT2D eigenvalue weighted by atomic mass is 16.6. The number of nitrogens with zero attached hydrogens (tertiary/aromatic N) is 3. The third kappa shape index (κ3) is 5.64. The van der Waals surface area contributed by atoms with Gasteiger partial charge >= 0.3 is 6.09 Å². The van der Waals surface area contributed by atoms with Crippen molar-refractivity contribution in [2.24, 2.45) is 0 Å². The molecule has 1 aliphatic carbocycles. The third-order valence-corrected chi connectivity index (χ3v) is 6.84. The van der Waals surface area contributed by atoms with Gasteiger partial charge in [0.15, 0.2) is 0 Å². The van der Waals surface area contributed by atoms with Gasteiger partial charge in [0.25, 0.3) is 5.91 Å². The molecule has 1 unspecified atom stereocenters. The maximum atomic E-state index is 13.6. The van der Waals surface area contributed by atoms with E-state index in [0.717, 1.165) is 47.2 Å². The summed E-state index contributed by atoms with van der Waals surface area (Å²) in [7, 11) is 0. The summed E-state index contributed by atoms with van der Waals surface area (Å²) in [5.74, 6) is 0.0459. The summed E-state index contributed by atoms with van der Waals surface area (Å²) < 4.78 is 6.74. The first-order valence-corrected chi connectivity index (χ1v) is 12.9. The highest BCUT2D eigenvalue weighted by molar-refractivity contribution is 5.95. The number of rotatable bonds is 7. The number of amides is 1. The Morgan fingerprint density at radius 2 is 1.62 bits per heavy atom. The molecule has 0 bridgehead atoms. The molecule has 0 radical (unpaired) electrons. The van der Waals surface area contributed by atoms with Crippen molar-refractivity contribution in [3.63, 3.8) is 0 Å². The van der Waals surface area contributed by atoms with Gasteiger partial charge in [-0.3, -0.25) is 4.79 Å². The summed E-state index contributed by atoms with van der Waals surface area (Å²) in [6.07, 6.45) is 4.36. The first-order chi connectivity index (χ1) is 18.1. The van der Waals surface area contributed by atoms with Gasteiger partial charge in [0.2, 0.25) is 0 Å².